The summed E-state index contributed by atoms with van der Waals surface area (Å²) in [5.74, 6) is -0.767. The molecule has 0 spiro atoms. The quantitative estimate of drug-likeness (QED) is 0.302. The average molecular weight is 528 g/mol. The van der Waals surface area contributed by atoms with Crippen LogP contribution in [0.25, 0.3) is 5.76 Å². The Kier molecular flexibility index (Phi) is 6.36. The van der Waals surface area contributed by atoms with Crippen LogP contribution < -0.4 is 19.3 Å². The van der Waals surface area contributed by atoms with Crippen LogP contribution in [0.4, 0.5) is 11.4 Å². The third-order valence-electron chi connectivity index (χ3n) is 7.47. The lowest BCUT2D eigenvalue weighted by Crippen LogP contribution is -2.44. The summed E-state index contributed by atoms with van der Waals surface area (Å²) in [4.78, 5) is 32.9. The molecule has 9 nitrogen and oxygen atoms in total. The molecule has 1 unspecified atom stereocenters. The number of carbonyl (C=O) groups excluding carboxylic acids is 2. The Labute approximate surface area is 226 Å². The summed E-state index contributed by atoms with van der Waals surface area (Å²) in [7, 11) is 2.10. The second-order valence-electron chi connectivity index (χ2n) is 9.93. The molecule has 1 atom stereocenters. The van der Waals surface area contributed by atoms with Gasteiger partial charge in [-0.1, -0.05) is 12.1 Å². The number of phenolic OH excluding ortho intramolecular Hbond substituents is 1. The standard InChI is InChI=1S/C30H29N3O6/c1-31-12-14-32(15-13-31)21-5-7-22(8-6-21)33-27(19-2-9-23(34)10-3-19)26(29(36)30(33)37)28(35)20-4-11-24-25(18-20)39-17-16-38-24/h2-11,18,27,34-35H,12-17H2,1H3/b28-26-. The minimum absolute atomic E-state index is 0.0366. The Morgan fingerprint density at radius 3 is 2.15 bits per heavy atom. The number of benzene rings is 3. The number of aliphatic hydroxyl groups excluding tert-OH is 1. The van der Waals surface area contributed by atoms with Crippen molar-refractivity contribution in [2.24, 2.45) is 0 Å². The fraction of sp³-hybridized carbons (Fsp3) is 0.267. The van der Waals surface area contributed by atoms with Gasteiger partial charge in [-0.3, -0.25) is 14.5 Å². The Bertz CT molecular complexity index is 1440. The predicted molar refractivity (Wildman–Crippen MR) is 146 cm³/mol. The topological polar surface area (TPSA) is 103 Å². The second-order valence-corrected chi connectivity index (χ2v) is 9.93. The minimum atomic E-state index is -0.895. The number of hydrogen-bond acceptors (Lipinski definition) is 8. The largest absolute Gasteiger partial charge is 0.508 e. The van der Waals surface area contributed by atoms with Gasteiger partial charge >= 0.3 is 0 Å². The fourth-order valence-corrected chi connectivity index (χ4v) is 5.31. The molecular formula is C30H29N3O6. The highest BCUT2D eigenvalue weighted by molar-refractivity contribution is 6.51. The highest BCUT2D eigenvalue weighted by Gasteiger charge is 2.47. The van der Waals surface area contributed by atoms with Crippen LogP contribution in [-0.4, -0.2) is 73.2 Å². The van der Waals surface area contributed by atoms with Crippen molar-refractivity contribution in [2.45, 2.75) is 6.04 Å². The minimum Gasteiger partial charge on any atom is -0.508 e. The number of aromatic hydroxyl groups is 1. The number of ketones is 1. The van der Waals surface area contributed by atoms with Crippen LogP contribution in [0.5, 0.6) is 17.2 Å². The van der Waals surface area contributed by atoms with E-state index in [9.17, 15) is 19.8 Å². The van der Waals surface area contributed by atoms with Crippen LogP contribution in [0.3, 0.4) is 0 Å². The lowest BCUT2D eigenvalue weighted by Gasteiger charge is -2.34. The number of likely N-dealkylation sites (N-methyl/N-ethyl adjacent to an activating group) is 1. The molecule has 39 heavy (non-hydrogen) atoms. The molecule has 0 bridgehead atoms. The number of nitrogens with zero attached hydrogens (tertiary/aromatic N) is 3. The predicted octanol–water partition coefficient (Wildman–Crippen LogP) is 3.54. The smallest absolute Gasteiger partial charge is 0.300 e. The number of anilines is 2. The molecule has 1 amide bonds. The molecule has 0 aromatic heterocycles. The summed E-state index contributed by atoms with van der Waals surface area (Å²) in [5, 5.41) is 21.3. The van der Waals surface area contributed by atoms with Gasteiger partial charge in [0.05, 0.1) is 11.6 Å². The van der Waals surface area contributed by atoms with E-state index in [1.165, 1.54) is 17.0 Å². The molecule has 6 rings (SSSR count). The van der Waals surface area contributed by atoms with E-state index in [4.69, 9.17) is 9.47 Å². The molecule has 200 valence electrons. The second kappa shape index (κ2) is 9.99. The van der Waals surface area contributed by atoms with Crippen LogP contribution in [0.15, 0.2) is 72.3 Å². The van der Waals surface area contributed by atoms with Gasteiger partial charge in [0.15, 0.2) is 11.5 Å². The number of Topliss-reactive ketones (excluding diaryl/α,β-unsaturated/α-hetero) is 1. The van der Waals surface area contributed by atoms with Gasteiger partial charge in [0.25, 0.3) is 11.7 Å². The Morgan fingerprint density at radius 2 is 1.46 bits per heavy atom. The van der Waals surface area contributed by atoms with Crippen LogP contribution in [0.2, 0.25) is 0 Å². The molecule has 0 saturated carbocycles. The first-order valence-corrected chi connectivity index (χ1v) is 12.9. The molecule has 2 fully saturated rings. The Balaban J connectivity index is 1.41. The fourth-order valence-electron chi connectivity index (χ4n) is 5.31. The molecule has 3 heterocycles. The zero-order chi connectivity index (χ0) is 27.1. The summed E-state index contributed by atoms with van der Waals surface area (Å²) in [5.41, 5.74) is 2.46. The van der Waals surface area contributed by atoms with Gasteiger partial charge in [0.1, 0.15) is 24.7 Å². The van der Waals surface area contributed by atoms with Crippen molar-refractivity contribution >= 4 is 28.8 Å². The summed E-state index contributed by atoms with van der Waals surface area (Å²) >= 11 is 0. The lowest BCUT2D eigenvalue weighted by atomic mass is 9.95. The molecule has 0 aliphatic carbocycles. The van der Waals surface area contributed by atoms with Crippen molar-refractivity contribution in [3.8, 4) is 17.2 Å². The molecule has 3 aliphatic heterocycles. The van der Waals surface area contributed by atoms with Crippen molar-refractivity contribution in [3.63, 3.8) is 0 Å². The Morgan fingerprint density at radius 1 is 0.821 bits per heavy atom. The van der Waals surface area contributed by atoms with Gasteiger partial charge in [0.2, 0.25) is 0 Å². The van der Waals surface area contributed by atoms with Gasteiger partial charge < -0.3 is 29.5 Å². The third kappa shape index (κ3) is 4.55. The number of hydrogen-bond donors (Lipinski definition) is 2. The van der Waals surface area contributed by atoms with E-state index >= 15 is 0 Å². The van der Waals surface area contributed by atoms with Crippen LogP contribution >= 0.6 is 0 Å². The van der Waals surface area contributed by atoms with E-state index in [1.54, 1.807) is 30.3 Å². The van der Waals surface area contributed by atoms with E-state index in [0.29, 0.717) is 41.5 Å². The van der Waals surface area contributed by atoms with E-state index in [1.807, 2.05) is 24.3 Å². The number of carbonyl (C=O) groups is 2. The number of fused-ring (bicyclic) bond motifs is 1. The molecular weight excluding hydrogens is 498 g/mol. The molecule has 9 heteroatoms. The summed E-state index contributed by atoms with van der Waals surface area (Å²) in [6, 6.07) is 17.9. The molecule has 3 aromatic carbocycles. The highest BCUT2D eigenvalue weighted by atomic mass is 16.6. The number of aliphatic hydroxyl groups is 1. The zero-order valence-corrected chi connectivity index (χ0v) is 21.5. The summed E-state index contributed by atoms with van der Waals surface area (Å²) in [6.45, 7) is 4.55. The first kappa shape index (κ1) is 24.8. The maximum absolute atomic E-state index is 13.5. The Hall–Kier alpha value is -4.50. The van der Waals surface area contributed by atoms with Crippen LogP contribution in [-0.2, 0) is 9.59 Å². The number of piperazine rings is 1. The molecule has 2 N–H and O–H groups in total. The monoisotopic (exact) mass is 527 g/mol. The van der Waals surface area contributed by atoms with Crippen molar-refractivity contribution < 1.29 is 29.3 Å². The summed E-state index contributed by atoms with van der Waals surface area (Å²) in [6.07, 6.45) is 0. The number of ether oxygens (including phenoxy) is 2. The third-order valence-corrected chi connectivity index (χ3v) is 7.47. The zero-order valence-electron chi connectivity index (χ0n) is 21.5. The van der Waals surface area contributed by atoms with Crippen molar-refractivity contribution in [3.05, 3.63) is 83.4 Å². The van der Waals surface area contributed by atoms with Crippen molar-refractivity contribution in [2.75, 3.05) is 56.2 Å². The lowest BCUT2D eigenvalue weighted by molar-refractivity contribution is -0.132. The first-order chi connectivity index (χ1) is 18.9. The molecule has 0 radical (unpaired) electrons. The molecule has 3 aromatic rings. The number of phenols is 1. The van der Waals surface area contributed by atoms with Gasteiger partial charge in [0, 0.05) is 43.1 Å². The maximum atomic E-state index is 13.5. The molecule has 3 aliphatic rings. The van der Waals surface area contributed by atoms with Crippen LogP contribution in [0.1, 0.15) is 17.2 Å². The summed E-state index contributed by atoms with van der Waals surface area (Å²) < 4.78 is 11.2. The van der Waals surface area contributed by atoms with Gasteiger partial charge in [-0.15, -0.1) is 0 Å². The van der Waals surface area contributed by atoms with Crippen molar-refractivity contribution in [1.82, 2.24) is 4.90 Å². The normalized spacial score (nSPS) is 20.9. The van der Waals surface area contributed by atoms with E-state index in [0.717, 1.165) is 31.9 Å². The molecule has 2 saturated heterocycles. The average Bonchev–Trinajstić information content (AvgIpc) is 3.23. The van der Waals surface area contributed by atoms with E-state index in [2.05, 4.69) is 16.8 Å². The van der Waals surface area contributed by atoms with Gasteiger partial charge in [-0.2, -0.15) is 0 Å². The van der Waals surface area contributed by atoms with E-state index in [-0.39, 0.29) is 17.1 Å². The van der Waals surface area contributed by atoms with Crippen molar-refractivity contribution in [1.29, 1.82) is 0 Å². The first-order valence-electron chi connectivity index (χ1n) is 12.9. The number of amides is 1. The highest BCUT2D eigenvalue weighted by Crippen LogP contribution is 2.43. The SMILES string of the molecule is CN1CCN(c2ccc(N3C(=O)C(=O)/C(=C(\O)c4ccc5c(c4)OCCO5)C3c3ccc(O)cc3)cc2)CC1. The van der Waals surface area contributed by atoms with Gasteiger partial charge in [-0.05, 0) is 67.2 Å². The number of rotatable bonds is 4. The van der Waals surface area contributed by atoms with Gasteiger partial charge in [-0.25, -0.2) is 0 Å². The van der Waals surface area contributed by atoms with E-state index < -0.39 is 17.7 Å². The maximum Gasteiger partial charge on any atom is 0.300 e. The van der Waals surface area contributed by atoms with Crippen LogP contribution in [0, 0.1) is 0 Å².